The number of aromatic nitrogens is 1. The third-order valence-electron chi connectivity index (χ3n) is 4.20. The number of hydrogen-bond acceptors (Lipinski definition) is 3. The minimum atomic E-state index is -0.362. The van der Waals surface area contributed by atoms with E-state index in [1.165, 1.54) is 0 Å². The topological polar surface area (TPSA) is 63.2 Å². The van der Waals surface area contributed by atoms with Gasteiger partial charge in [-0.05, 0) is 58.2 Å². The van der Waals surface area contributed by atoms with Crippen LogP contribution in [0.5, 0.6) is 0 Å². The summed E-state index contributed by atoms with van der Waals surface area (Å²) in [5.74, 6) is 0. The second-order valence-corrected chi connectivity index (χ2v) is 7.08. The zero-order valence-corrected chi connectivity index (χ0v) is 14.1. The van der Waals surface area contributed by atoms with Crippen LogP contribution in [0.15, 0.2) is 24.5 Å². The van der Waals surface area contributed by atoms with E-state index in [1.54, 1.807) is 12.4 Å². The number of ether oxygens (including phenoxy) is 1. The van der Waals surface area contributed by atoms with Crippen LogP contribution < -0.4 is 10.6 Å². The monoisotopic (exact) mass is 305 g/mol. The van der Waals surface area contributed by atoms with Crippen molar-refractivity contribution in [2.24, 2.45) is 0 Å². The van der Waals surface area contributed by atoms with Crippen LogP contribution in [0, 0.1) is 0 Å². The molecule has 5 nitrogen and oxygen atoms in total. The quantitative estimate of drug-likeness (QED) is 0.898. The van der Waals surface area contributed by atoms with Gasteiger partial charge in [-0.15, -0.1) is 0 Å². The highest BCUT2D eigenvalue weighted by Crippen LogP contribution is 2.37. The van der Waals surface area contributed by atoms with E-state index in [2.05, 4.69) is 36.4 Å². The minimum absolute atomic E-state index is 0.00236. The third-order valence-corrected chi connectivity index (χ3v) is 4.20. The van der Waals surface area contributed by atoms with Gasteiger partial charge in [-0.2, -0.15) is 0 Å². The molecule has 5 heteroatoms. The Balaban J connectivity index is 1.98. The molecule has 0 aromatic carbocycles. The highest BCUT2D eigenvalue weighted by Gasteiger charge is 2.46. The molecule has 2 heterocycles. The van der Waals surface area contributed by atoms with Crippen molar-refractivity contribution in [3.63, 3.8) is 0 Å². The van der Waals surface area contributed by atoms with E-state index >= 15 is 0 Å². The third kappa shape index (κ3) is 3.97. The van der Waals surface area contributed by atoms with Crippen molar-refractivity contribution in [3.8, 4) is 0 Å². The van der Waals surface area contributed by atoms with E-state index in [0.717, 1.165) is 18.4 Å². The van der Waals surface area contributed by atoms with Crippen molar-refractivity contribution in [1.82, 2.24) is 15.6 Å². The largest absolute Gasteiger partial charge is 0.367 e. The smallest absolute Gasteiger partial charge is 0.315 e. The van der Waals surface area contributed by atoms with Crippen LogP contribution in [-0.4, -0.2) is 28.3 Å². The fourth-order valence-corrected chi connectivity index (χ4v) is 3.16. The van der Waals surface area contributed by atoms with Crippen molar-refractivity contribution < 1.29 is 9.53 Å². The summed E-state index contributed by atoms with van der Waals surface area (Å²) < 4.78 is 6.01. The molecular formula is C17H27N3O2. The summed E-state index contributed by atoms with van der Waals surface area (Å²) in [6, 6.07) is 3.70. The Bertz CT molecular complexity index is 514. The maximum absolute atomic E-state index is 12.3. The molecule has 1 fully saturated rings. The predicted molar refractivity (Wildman–Crippen MR) is 86.6 cm³/mol. The van der Waals surface area contributed by atoms with Crippen molar-refractivity contribution in [1.29, 1.82) is 0 Å². The van der Waals surface area contributed by atoms with Crippen molar-refractivity contribution >= 4 is 6.03 Å². The number of nitrogens with one attached hydrogen (secondary N) is 2. The Morgan fingerprint density at radius 2 is 2.00 bits per heavy atom. The Hall–Kier alpha value is -1.62. The fraction of sp³-hybridized carbons (Fsp3) is 0.647. The first-order chi connectivity index (χ1) is 10.2. The predicted octanol–water partition coefficient (Wildman–Crippen LogP) is 3.18. The summed E-state index contributed by atoms with van der Waals surface area (Å²) in [7, 11) is 0. The Morgan fingerprint density at radius 3 is 2.50 bits per heavy atom. The molecule has 1 aromatic rings. The Labute approximate surface area is 132 Å². The van der Waals surface area contributed by atoms with Gasteiger partial charge in [0.2, 0.25) is 0 Å². The maximum atomic E-state index is 12.3. The molecule has 0 saturated carbocycles. The van der Waals surface area contributed by atoms with E-state index in [1.807, 2.05) is 26.0 Å². The Morgan fingerprint density at radius 1 is 1.36 bits per heavy atom. The van der Waals surface area contributed by atoms with E-state index in [9.17, 15) is 4.79 Å². The van der Waals surface area contributed by atoms with Crippen LogP contribution in [0.2, 0.25) is 0 Å². The van der Waals surface area contributed by atoms with Crippen LogP contribution >= 0.6 is 0 Å². The molecule has 0 bridgehead atoms. The lowest BCUT2D eigenvalue weighted by molar-refractivity contribution is -0.0690. The molecule has 0 unspecified atom stereocenters. The first kappa shape index (κ1) is 16.7. The first-order valence-corrected chi connectivity index (χ1v) is 7.90. The number of nitrogens with zero attached hydrogens (tertiary/aromatic N) is 1. The van der Waals surface area contributed by atoms with Crippen LogP contribution in [0.1, 0.15) is 59.1 Å². The first-order valence-electron chi connectivity index (χ1n) is 7.90. The number of carbonyl (C=O) groups is 1. The molecule has 1 saturated heterocycles. The average molecular weight is 305 g/mol. The highest BCUT2D eigenvalue weighted by atomic mass is 16.5. The van der Waals surface area contributed by atoms with Gasteiger partial charge in [0.25, 0.3) is 0 Å². The number of pyridine rings is 1. The second-order valence-electron chi connectivity index (χ2n) is 7.08. The standard InChI is InChI=1S/C17H27N3O2/c1-6-13(12-7-9-18-10-8-12)19-15(21)20-14-11-16(2,3)22-17(14,4)5/h7-10,13-14H,6,11H2,1-5H3,(H2,19,20,21)/t13-,14-/m0/s1. The molecule has 1 aromatic heterocycles. The maximum Gasteiger partial charge on any atom is 0.315 e. The summed E-state index contributed by atoms with van der Waals surface area (Å²) in [6.07, 6.45) is 5.12. The summed E-state index contributed by atoms with van der Waals surface area (Å²) in [6.45, 7) is 10.2. The van der Waals surface area contributed by atoms with Gasteiger partial charge < -0.3 is 15.4 Å². The normalized spacial score (nSPS) is 23.8. The number of carbonyl (C=O) groups excluding carboxylic acids is 1. The molecule has 1 aliphatic heterocycles. The Kier molecular flexibility index (Phi) is 4.75. The number of urea groups is 1. The minimum Gasteiger partial charge on any atom is -0.367 e. The highest BCUT2D eigenvalue weighted by molar-refractivity contribution is 5.75. The zero-order chi connectivity index (χ0) is 16.4. The summed E-state index contributed by atoms with van der Waals surface area (Å²) >= 11 is 0. The second kappa shape index (κ2) is 6.24. The van der Waals surface area contributed by atoms with Gasteiger partial charge in [0, 0.05) is 12.4 Å². The number of rotatable bonds is 4. The number of hydrogen-bond donors (Lipinski definition) is 2. The van der Waals surface area contributed by atoms with Crippen LogP contribution in [0.4, 0.5) is 4.79 Å². The van der Waals surface area contributed by atoms with E-state index in [0.29, 0.717) is 0 Å². The molecule has 0 spiro atoms. The molecule has 122 valence electrons. The number of amides is 2. The van der Waals surface area contributed by atoms with Gasteiger partial charge in [-0.1, -0.05) is 6.92 Å². The summed E-state index contributed by atoms with van der Waals surface area (Å²) in [5, 5.41) is 6.11. The SMILES string of the molecule is CC[C@H](NC(=O)N[C@H]1CC(C)(C)OC1(C)C)c1ccncc1. The van der Waals surface area contributed by atoms with Crippen molar-refractivity contribution in [2.45, 2.75) is 70.7 Å². The molecule has 0 aliphatic carbocycles. The molecular weight excluding hydrogens is 278 g/mol. The van der Waals surface area contributed by atoms with Crippen molar-refractivity contribution in [2.75, 3.05) is 0 Å². The molecule has 22 heavy (non-hydrogen) atoms. The van der Waals surface area contributed by atoms with Gasteiger partial charge >= 0.3 is 6.03 Å². The van der Waals surface area contributed by atoms with Gasteiger partial charge in [-0.25, -0.2) is 4.79 Å². The fourth-order valence-electron chi connectivity index (χ4n) is 3.16. The summed E-state index contributed by atoms with van der Waals surface area (Å²) in [5.41, 5.74) is 0.491. The zero-order valence-electron chi connectivity index (χ0n) is 14.1. The lowest BCUT2D eigenvalue weighted by Gasteiger charge is -2.28. The lowest BCUT2D eigenvalue weighted by atomic mass is 9.94. The van der Waals surface area contributed by atoms with E-state index in [4.69, 9.17) is 4.74 Å². The molecule has 2 amide bonds. The molecule has 2 N–H and O–H groups in total. The molecule has 2 rings (SSSR count). The lowest BCUT2D eigenvalue weighted by Crippen LogP contribution is -2.50. The van der Waals surface area contributed by atoms with Gasteiger partial charge in [0.05, 0.1) is 23.3 Å². The van der Waals surface area contributed by atoms with E-state index < -0.39 is 0 Å². The molecule has 2 atom stereocenters. The summed E-state index contributed by atoms with van der Waals surface area (Å²) in [4.78, 5) is 16.4. The van der Waals surface area contributed by atoms with Crippen LogP contribution in [-0.2, 0) is 4.74 Å². The average Bonchev–Trinajstić information content (AvgIpc) is 2.64. The van der Waals surface area contributed by atoms with Gasteiger partial charge in [0.1, 0.15) is 0 Å². The van der Waals surface area contributed by atoms with Crippen molar-refractivity contribution in [3.05, 3.63) is 30.1 Å². The van der Waals surface area contributed by atoms with Crippen LogP contribution in [0.3, 0.4) is 0 Å². The van der Waals surface area contributed by atoms with Gasteiger partial charge in [0.15, 0.2) is 0 Å². The molecule has 1 aliphatic rings. The van der Waals surface area contributed by atoms with Crippen LogP contribution in [0.25, 0.3) is 0 Å². The van der Waals surface area contributed by atoms with E-state index in [-0.39, 0.29) is 29.3 Å². The molecule has 0 radical (unpaired) electrons. The van der Waals surface area contributed by atoms with Gasteiger partial charge in [-0.3, -0.25) is 4.98 Å².